The van der Waals surface area contributed by atoms with Crippen LogP contribution in [0.3, 0.4) is 0 Å². The third-order valence-electron chi connectivity index (χ3n) is 2.76. The van der Waals surface area contributed by atoms with Gasteiger partial charge in [0.05, 0.1) is 5.52 Å². The summed E-state index contributed by atoms with van der Waals surface area (Å²) in [5.41, 5.74) is 7.29. The molecule has 0 aliphatic rings. The van der Waals surface area contributed by atoms with Gasteiger partial charge in [0.15, 0.2) is 5.82 Å². The van der Waals surface area contributed by atoms with Crippen LogP contribution in [0.15, 0.2) is 54.7 Å². The average molecular weight is 251 g/mol. The standard InChI is InChI=1S/C15H13N3O/c16-12-5-3-6-13(8-12)19-10-15-17-9-11-4-1-2-7-14(11)18-15/h1-9H,10,16H2. The van der Waals surface area contributed by atoms with Crippen LogP contribution in [-0.2, 0) is 6.61 Å². The minimum atomic E-state index is 0.328. The maximum atomic E-state index is 5.69. The quantitative estimate of drug-likeness (QED) is 0.727. The summed E-state index contributed by atoms with van der Waals surface area (Å²) in [5, 5.41) is 1.02. The Labute approximate surface area is 110 Å². The molecule has 0 atom stereocenters. The Morgan fingerprint density at radius 2 is 1.95 bits per heavy atom. The van der Waals surface area contributed by atoms with E-state index in [1.807, 2.05) is 42.5 Å². The van der Waals surface area contributed by atoms with Gasteiger partial charge in [-0.25, -0.2) is 9.97 Å². The van der Waals surface area contributed by atoms with E-state index in [1.54, 1.807) is 12.3 Å². The van der Waals surface area contributed by atoms with Crippen molar-refractivity contribution in [2.45, 2.75) is 6.61 Å². The van der Waals surface area contributed by atoms with Gasteiger partial charge in [0.25, 0.3) is 0 Å². The van der Waals surface area contributed by atoms with Gasteiger partial charge in [-0.2, -0.15) is 0 Å². The lowest BCUT2D eigenvalue weighted by Gasteiger charge is -2.06. The van der Waals surface area contributed by atoms with Crippen LogP contribution >= 0.6 is 0 Å². The highest BCUT2D eigenvalue weighted by Gasteiger charge is 2.01. The molecule has 4 nitrogen and oxygen atoms in total. The summed E-state index contributed by atoms with van der Waals surface area (Å²) < 4.78 is 5.62. The summed E-state index contributed by atoms with van der Waals surface area (Å²) in [6.07, 6.45) is 1.81. The van der Waals surface area contributed by atoms with Gasteiger partial charge in [-0.05, 0) is 18.2 Å². The second-order valence-electron chi connectivity index (χ2n) is 4.21. The van der Waals surface area contributed by atoms with Gasteiger partial charge >= 0.3 is 0 Å². The molecule has 3 rings (SSSR count). The van der Waals surface area contributed by atoms with Gasteiger partial charge in [-0.15, -0.1) is 0 Å². The summed E-state index contributed by atoms with van der Waals surface area (Å²) in [4.78, 5) is 8.72. The van der Waals surface area contributed by atoms with Crippen LogP contribution in [0.4, 0.5) is 5.69 Å². The summed E-state index contributed by atoms with van der Waals surface area (Å²) in [5.74, 6) is 1.37. The van der Waals surface area contributed by atoms with Gasteiger partial charge in [-0.3, -0.25) is 0 Å². The number of nitrogens with two attached hydrogens (primary N) is 1. The second kappa shape index (κ2) is 4.94. The lowest BCUT2D eigenvalue weighted by molar-refractivity contribution is 0.296. The SMILES string of the molecule is Nc1cccc(OCc2ncc3ccccc3n2)c1. The molecule has 1 heterocycles. The lowest BCUT2D eigenvalue weighted by Crippen LogP contribution is -2.01. The molecular formula is C15H13N3O. The molecule has 0 aliphatic heterocycles. The maximum Gasteiger partial charge on any atom is 0.166 e. The van der Waals surface area contributed by atoms with E-state index in [-0.39, 0.29) is 0 Å². The van der Waals surface area contributed by atoms with Crippen LogP contribution < -0.4 is 10.5 Å². The van der Waals surface area contributed by atoms with Gasteiger partial charge in [0, 0.05) is 23.3 Å². The number of ether oxygens (including phenoxy) is 1. The van der Waals surface area contributed by atoms with Gasteiger partial charge in [0.1, 0.15) is 12.4 Å². The first kappa shape index (κ1) is 11.5. The number of rotatable bonds is 3. The molecule has 0 bridgehead atoms. The van der Waals surface area contributed by atoms with Crippen molar-refractivity contribution in [2.75, 3.05) is 5.73 Å². The van der Waals surface area contributed by atoms with Crippen LogP contribution in [0.2, 0.25) is 0 Å². The molecule has 3 aromatic rings. The Morgan fingerprint density at radius 3 is 2.84 bits per heavy atom. The fourth-order valence-corrected chi connectivity index (χ4v) is 1.83. The highest BCUT2D eigenvalue weighted by atomic mass is 16.5. The minimum Gasteiger partial charge on any atom is -0.486 e. The van der Waals surface area contributed by atoms with Crippen molar-refractivity contribution in [1.29, 1.82) is 0 Å². The molecule has 1 aromatic heterocycles. The largest absolute Gasteiger partial charge is 0.486 e. The molecule has 0 aliphatic carbocycles. The Hall–Kier alpha value is -2.62. The maximum absolute atomic E-state index is 5.69. The molecule has 94 valence electrons. The molecule has 0 amide bonds. The zero-order valence-electron chi connectivity index (χ0n) is 10.3. The fourth-order valence-electron chi connectivity index (χ4n) is 1.83. The van der Waals surface area contributed by atoms with E-state index >= 15 is 0 Å². The normalized spacial score (nSPS) is 10.5. The highest BCUT2D eigenvalue weighted by Crippen LogP contribution is 2.16. The van der Waals surface area contributed by atoms with E-state index in [1.165, 1.54) is 0 Å². The number of anilines is 1. The number of aromatic nitrogens is 2. The first-order valence-corrected chi connectivity index (χ1v) is 6.00. The van der Waals surface area contributed by atoms with Crippen LogP contribution in [0.1, 0.15) is 5.82 Å². The number of hydrogen-bond donors (Lipinski definition) is 1. The van der Waals surface area contributed by atoms with Crippen molar-refractivity contribution in [2.24, 2.45) is 0 Å². The third-order valence-corrected chi connectivity index (χ3v) is 2.76. The number of fused-ring (bicyclic) bond motifs is 1. The van der Waals surface area contributed by atoms with Gasteiger partial charge in [-0.1, -0.05) is 24.3 Å². The molecule has 2 N–H and O–H groups in total. The Morgan fingerprint density at radius 1 is 1.05 bits per heavy atom. The summed E-state index contributed by atoms with van der Waals surface area (Å²) >= 11 is 0. The van der Waals surface area contributed by atoms with Crippen LogP contribution in [0.25, 0.3) is 10.9 Å². The Balaban J connectivity index is 1.78. The van der Waals surface area contributed by atoms with Gasteiger partial charge in [0.2, 0.25) is 0 Å². The van der Waals surface area contributed by atoms with Crippen molar-refractivity contribution < 1.29 is 4.74 Å². The number of nitrogens with zero attached hydrogens (tertiary/aromatic N) is 2. The van der Waals surface area contributed by atoms with E-state index in [0.717, 1.165) is 16.7 Å². The molecule has 0 fully saturated rings. The first-order valence-electron chi connectivity index (χ1n) is 6.00. The van der Waals surface area contributed by atoms with E-state index in [0.29, 0.717) is 18.1 Å². The summed E-state index contributed by atoms with van der Waals surface area (Å²) in [6.45, 7) is 0.328. The van der Waals surface area contributed by atoms with E-state index < -0.39 is 0 Å². The zero-order valence-corrected chi connectivity index (χ0v) is 10.3. The fraction of sp³-hybridized carbons (Fsp3) is 0.0667. The third kappa shape index (κ3) is 2.63. The topological polar surface area (TPSA) is 61.0 Å². The Bertz CT molecular complexity index is 712. The van der Waals surface area contributed by atoms with Crippen molar-refractivity contribution in [1.82, 2.24) is 9.97 Å². The zero-order chi connectivity index (χ0) is 13.1. The summed E-state index contributed by atoms with van der Waals surface area (Å²) in [7, 11) is 0. The molecule has 19 heavy (non-hydrogen) atoms. The molecule has 0 saturated heterocycles. The van der Waals surface area contributed by atoms with Crippen molar-refractivity contribution >= 4 is 16.6 Å². The number of benzene rings is 2. The molecule has 0 spiro atoms. The smallest absolute Gasteiger partial charge is 0.166 e. The molecular weight excluding hydrogens is 238 g/mol. The molecule has 0 unspecified atom stereocenters. The number of para-hydroxylation sites is 1. The predicted molar refractivity (Wildman–Crippen MR) is 74.7 cm³/mol. The molecule has 0 radical (unpaired) electrons. The monoisotopic (exact) mass is 251 g/mol. The van der Waals surface area contributed by atoms with E-state index in [4.69, 9.17) is 10.5 Å². The van der Waals surface area contributed by atoms with Crippen LogP contribution in [-0.4, -0.2) is 9.97 Å². The molecule has 2 aromatic carbocycles. The highest BCUT2D eigenvalue weighted by molar-refractivity contribution is 5.77. The van der Waals surface area contributed by atoms with Crippen molar-refractivity contribution in [3.05, 3.63) is 60.6 Å². The molecule has 0 saturated carbocycles. The average Bonchev–Trinajstić information content (AvgIpc) is 2.45. The van der Waals surface area contributed by atoms with E-state index in [2.05, 4.69) is 9.97 Å². The van der Waals surface area contributed by atoms with Crippen molar-refractivity contribution in [3.63, 3.8) is 0 Å². The minimum absolute atomic E-state index is 0.328. The number of hydrogen-bond acceptors (Lipinski definition) is 4. The number of nitrogen functional groups attached to an aromatic ring is 1. The van der Waals surface area contributed by atoms with Crippen LogP contribution in [0, 0.1) is 0 Å². The summed E-state index contributed by atoms with van der Waals surface area (Å²) in [6, 6.07) is 15.2. The lowest BCUT2D eigenvalue weighted by atomic mass is 10.2. The van der Waals surface area contributed by atoms with Crippen LogP contribution in [0.5, 0.6) is 5.75 Å². The second-order valence-corrected chi connectivity index (χ2v) is 4.21. The predicted octanol–water partition coefficient (Wildman–Crippen LogP) is 2.79. The Kier molecular flexibility index (Phi) is 2.98. The first-order chi connectivity index (χ1) is 9.31. The van der Waals surface area contributed by atoms with Crippen molar-refractivity contribution in [3.8, 4) is 5.75 Å². The van der Waals surface area contributed by atoms with Gasteiger partial charge < -0.3 is 10.5 Å². The van der Waals surface area contributed by atoms with E-state index in [9.17, 15) is 0 Å². The molecule has 4 heteroatoms.